The standard InChI is InChI=1S/C14H13FN4S/c1-9(10-3-5-11(15)6-4-10)20-14-12-7-18-19(2)13(12)16-8-17-14/h3-9H,1-2H3/t9-/m1/s1. The van der Waals surface area contributed by atoms with Gasteiger partial charge in [0.1, 0.15) is 17.2 Å². The van der Waals surface area contributed by atoms with Crippen molar-refractivity contribution in [2.45, 2.75) is 17.2 Å². The molecule has 2 heterocycles. The van der Waals surface area contributed by atoms with Gasteiger partial charge in [-0.3, -0.25) is 4.68 Å². The van der Waals surface area contributed by atoms with E-state index in [0.29, 0.717) is 0 Å². The number of thioether (sulfide) groups is 1. The van der Waals surface area contributed by atoms with Gasteiger partial charge in [-0.25, -0.2) is 14.4 Å². The molecule has 0 aliphatic carbocycles. The number of hydrogen-bond acceptors (Lipinski definition) is 4. The molecular formula is C14H13FN4S. The monoisotopic (exact) mass is 288 g/mol. The molecule has 0 saturated carbocycles. The number of benzene rings is 1. The van der Waals surface area contributed by atoms with Crippen molar-refractivity contribution >= 4 is 22.8 Å². The Hall–Kier alpha value is -1.95. The molecule has 0 aliphatic heterocycles. The highest BCUT2D eigenvalue weighted by Crippen LogP contribution is 2.36. The second-order valence-corrected chi connectivity index (χ2v) is 5.83. The molecule has 1 aromatic carbocycles. The molecule has 0 amide bonds. The molecule has 102 valence electrons. The molecule has 3 rings (SSSR count). The van der Waals surface area contributed by atoms with Crippen LogP contribution in [0.2, 0.25) is 0 Å². The molecule has 1 atom stereocenters. The van der Waals surface area contributed by atoms with E-state index in [9.17, 15) is 4.39 Å². The van der Waals surface area contributed by atoms with Gasteiger partial charge in [-0.05, 0) is 24.6 Å². The molecule has 0 bridgehead atoms. The summed E-state index contributed by atoms with van der Waals surface area (Å²) in [7, 11) is 1.85. The first-order chi connectivity index (χ1) is 9.65. The van der Waals surface area contributed by atoms with Crippen LogP contribution < -0.4 is 0 Å². The molecule has 0 aliphatic rings. The number of aryl methyl sites for hydroxylation is 1. The first kappa shape index (κ1) is 13.1. The summed E-state index contributed by atoms with van der Waals surface area (Å²) in [5.74, 6) is -0.220. The summed E-state index contributed by atoms with van der Waals surface area (Å²) in [5, 5.41) is 6.20. The number of hydrogen-bond donors (Lipinski definition) is 0. The second-order valence-electron chi connectivity index (χ2n) is 4.50. The van der Waals surface area contributed by atoms with Gasteiger partial charge in [0, 0.05) is 12.3 Å². The van der Waals surface area contributed by atoms with Crippen molar-refractivity contribution in [2.75, 3.05) is 0 Å². The first-order valence-electron chi connectivity index (χ1n) is 6.20. The number of rotatable bonds is 3. The predicted molar refractivity (Wildman–Crippen MR) is 77.0 cm³/mol. The van der Waals surface area contributed by atoms with Gasteiger partial charge in [-0.1, -0.05) is 23.9 Å². The molecule has 2 aromatic heterocycles. The predicted octanol–water partition coefficient (Wildman–Crippen LogP) is 3.36. The van der Waals surface area contributed by atoms with Crippen molar-refractivity contribution in [2.24, 2.45) is 7.05 Å². The third-order valence-corrected chi connectivity index (χ3v) is 4.30. The number of fused-ring (bicyclic) bond motifs is 1. The fourth-order valence-electron chi connectivity index (χ4n) is 2.00. The van der Waals surface area contributed by atoms with Gasteiger partial charge < -0.3 is 0 Å². The minimum absolute atomic E-state index is 0.175. The molecule has 3 aromatic rings. The van der Waals surface area contributed by atoms with Gasteiger partial charge in [-0.2, -0.15) is 5.10 Å². The topological polar surface area (TPSA) is 43.6 Å². The quantitative estimate of drug-likeness (QED) is 0.547. The summed E-state index contributed by atoms with van der Waals surface area (Å²) >= 11 is 1.62. The van der Waals surface area contributed by atoms with Crippen LogP contribution in [0.3, 0.4) is 0 Å². The third-order valence-electron chi connectivity index (χ3n) is 3.12. The summed E-state index contributed by atoms with van der Waals surface area (Å²) in [4.78, 5) is 8.55. The molecule has 0 fully saturated rings. The summed E-state index contributed by atoms with van der Waals surface area (Å²) in [5.41, 5.74) is 1.88. The van der Waals surface area contributed by atoms with E-state index in [4.69, 9.17) is 0 Å². The summed E-state index contributed by atoms with van der Waals surface area (Å²) in [6, 6.07) is 6.56. The van der Waals surface area contributed by atoms with Gasteiger partial charge in [0.25, 0.3) is 0 Å². The smallest absolute Gasteiger partial charge is 0.162 e. The van der Waals surface area contributed by atoms with Gasteiger partial charge in [0.05, 0.1) is 11.6 Å². The van der Waals surface area contributed by atoms with Crippen molar-refractivity contribution in [3.05, 3.63) is 48.2 Å². The zero-order valence-electron chi connectivity index (χ0n) is 11.1. The van der Waals surface area contributed by atoms with E-state index in [-0.39, 0.29) is 11.1 Å². The zero-order valence-corrected chi connectivity index (χ0v) is 11.9. The van der Waals surface area contributed by atoms with Crippen molar-refractivity contribution in [3.63, 3.8) is 0 Å². The Bertz CT molecular complexity index is 739. The number of aromatic nitrogens is 4. The van der Waals surface area contributed by atoms with Crippen molar-refractivity contribution in [1.82, 2.24) is 19.7 Å². The largest absolute Gasteiger partial charge is 0.250 e. The van der Waals surface area contributed by atoms with Crippen LogP contribution in [0.5, 0.6) is 0 Å². The van der Waals surface area contributed by atoms with E-state index < -0.39 is 0 Å². The van der Waals surface area contributed by atoms with E-state index in [1.165, 1.54) is 12.1 Å². The Kier molecular flexibility index (Phi) is 3.40. The maximum absolute atomic E-state index is 12.9. The molecule has 0 unspecified atom stereocenters. The summed E-state index contributed by atoms with van der Waals surface area (Å²) < 4.78 is 14.7. The fraction of sp³-hybridized carbons (Fsp3) is 0.214. The number of halogens is 1. The van der Waals surface area contributed by atoms with E-state index in [1.807, 2.05) is 7.05 Å². The Morgan fingerprint density at radius 1 is 1.20 bits per heavy atom. The Balaban J connectivity index is 1.91. The van der Waals surface area contributed by atoms with Gasteiger partial charge >= 0.3 is 0 Å². The second kappa shape index (κ2) is 5.20. The van der Waals surface area contributed by atoms with Crippen molar-refractivity contribution < 1.29 is 4.39 Å². The normalized spacial score (nSPS) is 12.8. The Morgan fingerprint density at radius 3 is 2.70 bits per heavy atom. The molecule has 6 heteroatoms. The summed E-state index contributed by atoms with van der Waals surface area (Å²) in [6.07, 6.45) is 3.32. The third kappa shape index (κ3) is 2.38. The molecule has 0 spiro atoms. The van der Waals surface area contributed by atoms with E-state index >= 15 is 0 Å². The van der Waals surface area contributed by atoms with Gasteiger partial charge in [0.2, 0.25) is 0 Å². The van der Waals surface area contributed by atoms with Crippen LogP contribution in [0.25, 0.3) is 11.0 Å². The lowest BCUT2D eigenvalue weighted by Gasteiger charge is -2.11. The van der Waals surface area contributed by atoms with Gasteiger partial charge in [0.15, 0.2) is 5.65 Å². The highest BCUT2D eigenvalue weighted by Gasteiger charge is 2.13. The molecule has 0 saturated heterocycles. The van der Waals surface area contributed by atoms with E-state index in [1.54, 1.807) is 41.1 Å². The molecule has 20 heavy (non-hydrogen) atoms. The maximum Gasteiger partial charge on any atom is 0.162 e. The summed E-state index contributed by atoms with van der Waals surface area (Å²) in [6.45, 7) is 2.07. The average molecular weight is 288 g/mol. The highest BCUT2D eigenvalue weighted by atomic mass is 32.2. The Morgan fingerprint density at radius 2 is 1.95 bits per heavy atom. The van der Waals surface area contributed by atoms with Crippen LogP contribution in [0.1, 0.15) is 17.7 Å². The lowest BCUT2D eigenvalue weighted by Crippen LogP contribution is -1.94. The first-order valence-corrected chi connectivity index (χ1v) is 7.08. The minimum Gasteiger partial charge on any atom is -0.250 e. The zero-order chi connectivity index (χ0) is 14.1. The SMILES string of the molecule is C[C@@H](Sc1ncnc2c1cnn2C)c1ccc(F)cc1. The van der Waals surface area contributed by atoms with Crippen LogP contribution in [-0.2, 0) is 7.05 Å². The van der Waals surface area contributed by atoms with Crippen molar-refractivity contribution in [1.29, 1.82) is 0 Å². The van der Waals surface area contributed by atoms with Crippen LogP contribution in [0.4, 0.5) is 4.39 Å². The number of nitrogens with zero attached hydrogens (tertiary/aromatic N) is 4. The molecule has 4 nitrogen and oxygen atoms in total. The average Bonchev–Trinajstić information content (AvgIpc) is 2.82. The van der Waals surface area contributed by atoms with Crippen LogP contribution >= 0.6 is 11.8 Å². The van der Waals surface area contributed by atoms with Crippen LogP contribution in [-0.4, -0.2) is 19.7 Å². The molecular weight excluding hydrogens is 275 g/mol. The Labute approximate surface area is 120 Å². The van der Waals surface area contributed by atoms with E-state index in [2.05, 4.69) is 22.0 Å². The van der Waals surface area contributed by atoms with E-state index in [0.717, 1.165) is 21.6 Å². The highest BCUT2D eigenvalue weighted by molar-refractivity contribution is 7.99. The molecule has 0 N–H and O–H groups in total. The minimum atomic E-state index is -0.220. The van der Waals surface area contributed by atoms with Gasteiger partial charge in [-0.15, -0.1) is 0 Å². The maximum atomic E-state index is 12.9. The fourth-order valence-corrected chi connectivity index (χ4v) is 3.01. The van der Waals surface area contributed by atoms with Crippen LogP contribution in [0, 0.1) is 5.82 Å². The molecule has 0 radical (unpaired) electrons. The van der Waals surface area contributed by atoms with Crippen molar-refractivity contribution in [3.8, 4) is 0 Å². The lowest BCUT2D eigenvalue weighted by molar-refractivity contribution is 0.627. The van der Waals surface area contributed by atoms with Crippen LogP contribution in [0.15, 0.2) is 41.8 Å². The lowest BCUT2D eigenvalue weighted by atomic mass is 10.2.